The maximum atomic E-state index is 7.12. The molecule has 2 aliphatic rings. The molecular formula is C68H45N4OPt-3. The van der Waals surface area contributed by atoms with E-state index in [1.54, 1.807) is 0 Å². The quantitative estimate of drug-likeness (QED) is 0.128. The van der Waals surface area contributed by atoms with Crippen molar-refractivity contribution in [2.75, 3.05) is 9.80 Å². The maximum absolute atomic E-state index is 7.12. The molecule has 3 heterocycles. The van der Waals surface area contributed by atoms with Crippen LogP contribution in [0.1, 0.15) is 27.8 Å². The van der Waals surface area contributed by atoms with Crippen molar-refractivity contribution in [3.8, 4) is 50.7 Å². The normalized spacial score (nSPS) is 13.1. The van der Waals surface area contributed by atoms with Crippen LogP contribution in [0, 0.1) is 25.7 Å². The van der Waals surface area contributed by atoms with Crippen molar-refractivity contribution < 1.29 is 25.8 Å². The molecule has 0 atom stereocenters. The van der Waals surface area contributed by atoms with E-state index in [9.17, 15) is 0 Å². The van der Waals surface area contributed by atoms with Gasteiger partial charge in [-0.15, -0.1) is 48.3 Å². The summed E-state index contributed by atoms with van der Waals surface area (Å²) in [6.45, 7) is 4.36. The first-order valence-corrected chi connectivity index (χ1v) is 24.8. The number of rotatable bonds is 10. The standard InChI is InChI=1S/C68H45N4O.Pt/c1-46-40-64(69-44-57(46)49-26-11-4-12-27-49)72-62-39-21-36-58-65(62)66-59(68(58,50-28-13-5-14-29-50)51-30-15-6-16-31-51)42-54(43-63(66)72)73-53-33-19-32-52(41-53)70-45-71(61-38-18-17-37-60(61)70)67-55(47-22-7-2-8-23-47)34-20-35-56(67)48-24-9-3-10-25-48;/h2-40,42,44-45H,1H3;/q-3;. The molecule has 0 saturated carbocycles. The van der Waals surface area contributed by atoms with E-state index in [2.05, 4.69) is 265 Å². The number of para-hydroxylation sites is 3. The SMILES string of the molecule is Cc1cc(-n2c3[c-]c(Oc4[c-]c(N5[CH-]N(c6c(-c7ccccc7)cccc6-c6ccccc6)c6ccccc65)ccc4)cc4c3c3c(cccc32)C4(c2ccccc2)c2ccccc2)ncc1-c1ccccc1.[Pt]. The van der Waals surface area contributed by atoms with Gasteiger partial charge in [0.25, 0.3) is 0 Å². The Bertz CT molecular complexity index is 3950. The third kappa shape index (κ3) is 7.14. The summed E-state index contributed by atoms with van der Waals surface area (Å²) in [5.74, 6) is 1.99. The molecule has 0 bridgehead atoms. The monoisotopic (exact) mass is 1130 g/mol. The van der Waals surface area contributed by atoms with E-state index >= 15 is 0 Å². The van der Waals surface area contributed by atoms with Gasteiger partial charge >= 0.3 is 0 Å². The second kappa shape index (κ2) is 18.4. The molecule has 0 saturated heterocycles. The van der Waals surface area contributed by atoms with E-state index < -0.39 is 5.41 Å². The van der Waals surface area contributed by atoms with Crippen LogP contribution in [-0.2, 0) is 26.5 Å². The predicted octanol–water partition coefficient (Wildman–Crippen LogP) is 17.0. The van der Waals surface area contributed by atoms with E-state index in [-0.39, 0.29) is 21.1 Å². The molecule has 74 heavy (non-hydrogen) atoms. The fraction of sp³-hybridized carbons (Fsp3) is 0.0294. The zero-order chi connectivity index (χ0) is 48.5. The number of pyridine rings is 1. The number of nitrogens with zero attached hydrogens (tertiary/aromatic N) is 4. The third-order valence-electron chi connectivity index (χ3n) is 14.7. The number of ether oxygens (including phenoxy) is 1. The first-order chi connectivity index (χ1) is 36.1. The zero-order valence-electron chi connectivity index (χ0n) is 40.3. The summed E-state index contributed by atoms with van der Waals surface area (Å²) in [5, 5.41) is 2.34. The van der Waals surface area contributed by atoms with Crippen molar-refractivity contribution in [1.82, 2.24) is 9.55 Å². The Hall–Kier alpha value is -8.76. The first kappa shape index (κ1) is 45.1. The molecule has 0 unspecified atom stereocenters. The third-order valence-corrected chi connectivity index (χ3v) is 14.7. The number of hydrogen-bond donors (Lipinski definition) is 0. The minimum Gasteiger partial charge on any atom is -0.509 e. The molecule has 1 aliphatic heterocycles. The number of hydrogen-bond acceptors (Lipinski definition) is 4. The van der Waals surface area contributed by atoms with Gasteiger partial charge in [-0.2, -0.15) is 6.07 Å². The molecular weight excluding hydrogens is 1080 g/mol. The van der Waals surface area contributed by atoms with Gasteiger partial charge in [0.05, 0.1) is 0 Å². The molecule has 10 aromatic carbocycles. The van der Waals surface area contributed by atoms with Crippen molar-refractivity contribution >= 4 is 44.6 Å². The van der Waals surface area contributed by atoms with Gasteiger partial charge in [0, 0.05) is 83.4 Å². The van der Waals surface area contributed by atoms with Crippen molar-refractivity contribution in [1.29, 1.82) is 0 Å². The largest absolute Gasteiger partial charge is 0.509 e. The number of fused-ring (bicyclic) bond motifs is 1. The van der Waals surface area contributed by atoms with Crippen molar-refractivity contribution in [2.45, 2.75) is 12.3 Å². The average Bonchev–Trinajstić information content (AvgIpc) is 4.30. The zero-order valence-corrected chi connectivity index (χ0v) is 42.5. The summed E-state index contributed by atoms with van der Waals surface area (Å²) in [6, 6.07) is 93.6. The molecule has 0 N–H and O–H groups in total. The minimum atomic E-state index is -0.643. The van der Waals surface area contributed by atoms with Gasteiger partial charge in [-0.1, -0.05) is 205 Å². The number of anilines is 4. The molecule has 0 radical (unpaired) electrons. The van der Waals surface area contributed by atoms with Crippen molar-refractivity contribution in [3.63, 3.8) is 0 Å². The Morgan fingerprint density at radius 1 is 0.473 bits per heavy atom. The van der Waals surface area contributed by atoms with Gasteiger partial charge in [-0.05, 0) is 75.5 Å². The second-order valence-corrected chi connectivity index (χ2v) is 18.8. The van der Waals surface area contributed by atoms with Gasteiger partial charge in [-0.25, -0.2) is 4.98 Å². The van der Waals surface area contributed by atoms with Crippen LogP contribution < -0.4 is 14.5 Å². The maximum Gasteiger partial charge on any atom is 0.135 e. The average molecular weight is 1130 g/mol. The molecule has 0 spiro atoms. The summed E-state index contributed by atoms with van der Waals surface area (Å²) in [7, 11) is 0. The van der Waals surface area contributed by atoms with Gasteiger partial charge in [-0.3, -0.25) is 0 Å². The smallest absolute Gasteiger partial charge is 0.135 e. The fourth-order valence-electron chi connectivity index (χ4n) is 11.6. The summed E-state index contributed by atoms with van der Waals surface area (Å²) in [6.07, 6.45) is 2.00. The number of benzene rings is 10. The molecule has 6 heteroatoms. The molecule has 0 amide bonds. The summed E-state index contributed by atoms with van der Waals surface area (Å²) in [5.41, 5.74) is 18.0. The topological polar surface area (TPSA) is 33.5 Å². The Morgan fingerprint density at radius 2 is 1.01 bits per heavy atom. The van der Waals surface area contributed by atoms with Crippen LogP contribution in [0.25, 0.3) is 61.0 Å². The van der Waals surface area contributed by atoms with Crippen LogP contribution in [0.15, 0.2) is 249 Å². The van der Waals surface area contributed by atoms with E-state index in [1.165, 1.54) is 22.1 Å². The van der Waals surface area contributed by atoms with E-state index in [0.29, 0.717) is 11.5 Å². The fourth-order valence-corrected chi connectivity index (χ4v) is 11.6. The Balaban J connectivity index is 0.00000528. The van der Waals surface area contributed by atoms with Crippen LogP contribution >= 0.6 is 0 Å². The Labute approximate surface area is 445 Å². The molecule has 356 valence electrons. The molecule has 12 aromatic rings. The van der Waals surface area contributed by atoms with Crippen molar-refractivity contribution in [3.05, 3.63) is 295 Å². The van der Waals surface area contributed by atoms with Gasteiger partial charge in [0.15, 0.2) is 0 Å². The summed E-state index contributed by atoms with van der Waals surface area (Å²) >= 11 is 0. The van der Waals surface area contributed by atoms with Gasteiger partial charge in [0.2, 0.25) is 0 Å². The summed E-state index contributed by atoms with van der Waals surface area (Å²) in [4.78, 5) is 9.75. The van der Waals surface area contributed by atoms with Crippen LogP contribution in [0.3, 0.4) is 0 Å². The molecule has 1 aliphatic carbocycles. The Kier molecular flexibility index (Phi) is 11.2. The van der Waals surface area contributed by atoms with Crippen LogP contribution in [-0.4, -0.2) is 9.55 Å². The number of aryl methyl sites for hydroxylation is 1. The minimum absolute atomic E-state index is 0. The summed E-state index contributed by atoms with van der Waals surface area (Å²) < 4.78 is 9.39. The van der Waals surface area contributed by atoms with Gasteiger partial charge < -0.3 is 19.1 Å². The van der Waals surface area contributed by atoms with Crippen LogP contribution in [0.4, 0.5) is 22.7 Å². The van der Waals surface area contributed by atoms with E-state index in [1.807, 2.05) is 24.4 Å². The first-order valence-electron chi connectivity index (χ1n) is 24.8. The molecule has 14 rings (SSSR count). The molecule has 5 nitrogen and oxygen atoms in total. The van der Waals surface area contributed by atoms with Crippen LogP contribution in [0.5, 0.6) is 11.5 Å². The van der Waals surface area contributed by atoms with Crippen molar-refractivity contribution in [2.24, 2.45) is 0 Å². The van der Waals surface area contributed by atoms with E-state index in [0.717, 1.165) is 89.5 Å². The number of aromatic nitrogens is 2. The van der Waals surface area contributed by atoms with Gasteiger partial charge in [0.1, 0.15) is 5.82 Å². The van der Waals surface area contributed by atoms with E-state index in [4.69, 9.17) is 9.72 Å². The second-order valence-electron chi connectivity index (χ2n) is 18.8. The van der Waals surface area contributed by atoms with Crippen LogP contribution in [0.2, 0.25) is 0 Å². The Morgan fingerprint density at radius 3 is 1.62 bits per heavy atom. The molecule has 0 fully saturated rings. The predicted molar refractivity (Wildman–Crippen MR) is 297 cm³/mol. The molecule has 2 aromatic heterocycles.